The van der Waals surface area contributed by atoms with Gasteiger partial charge in [0.15, 0.2) is 5.82 Å². The molecule has 0 bridgehead atoms. The summed E-state index contributed by atoms with van der Waals surface area (Å²) < 4.78 is 7.00. The number of anilines is 1. The van der Waals surface area contributed by atoms with E-state index in [9.17, 15) is 9.90 Å². The smallest absolute Gasteiger partial charge is 0.323 e. The number of carbonyl (C=O) groups excluding carboxylic acids is 1. The Bertz CT molecular complexity index is 536. The van der Waals surface area contributed by atoms with E-state index < -0.39 is 6.10 Å². The molecule has 2 aliphatic heterocycles. The van der Waals surface area contributed by atoms with Gasteiger partial charge in [-0.1, -0.05) is 5.21 Å². The largest absolute Gasteiger partial charge is 0.389 e. The highest BCUT2D eigenvalue weighted by molar-refractivity contribution is 5.88. The SMILES string of the molecule is CCn1cc(NC(=O)N2CCCN([C@@H]3COC[C@H]3O)CC2)nn1. The number of ether oxygens (including phenoxy) is 1. The molecule has 0 radical (unpaired) electrons. The van der Waals surface area contributed by atoms with Crippen LogP contribution in [0.2, 0.25) is 0 Å². The Morgan fingerprint density at radius 2 is 2.26 bits per heavy atom. The van der Waals surface area contributed by atoms with Gasteiger partial charge in [-0.2, -0.15) is 0 Å². The molecule has 1 aromatic rings. The second-order valence-corrected chi connectivity index (χ2v) is 5.94. The quantitative estimate of drug-likeness (QED) is 0.785. The number of hydrogen-bond donors (Lipinski definition) is 2. The topological polar surface area (TPSA) is 95.8 Å². The van der Waals surface area contributed by atoms with E-state index in [1.54, 1.807) is 15.8 Å². The van der Waals surface area contributed by atoms with Gasteiger partial charge in [-0.25, -0.2) is 4.79 Å². The molecule has 9 heteroatoms. The molecule has 0 aliphatic carbocycles. The van der Waals surface area contributed by atoms with Crippen LogP contribution in [0.15, 0.2) is 6.20 Å². The van der Waals surface area contributed by atoms with Gasteiger partial charge in [-0.05, 0) is 13.3 Å². The van der Waals surface area contributed by atoms with E-state index >= 15 is 0 Å². The van der Waals surface area contributed by atoms with Gasteiger partial charge < -0.3 is 14.7 Å². The van der Waals surface area contributed by atoms with Gasteiger partial charge in [-0.3, -0.25) is 14.9 Å². The maximum Gasteiger partial charge on any atom is 0.323 e. The lowest BCUT2D eigenvalue weighted by Crippen LogP contribution is -2.45. The number of aryl methyl sites for hydroxylation is 1. The summed E-state index contributed by atoms with van der Waals surface area (Å²) in [7, 11) is 0. The van der Waals surface area contributed by atoms with Crippen LogP contribution in [-0.2, 0) is 11.3 Å². The van der Waals surface area contributed by atoms with Crippen LogP contribution in [0, 0.1) is 0 Å². The van der Waals surface area contributed by atoms with Gasteiger partial charge in [0.2, 0.25) is 0 Å². The lowest BCUT2D eigenvalue weighted by molar-refractivity contribution is 0.0845. The molecular formula is C14H24N6O3. The molecule has 1 aromatic heterocycles. The van der Waals surface area contributed by atoms with Crippen molar-refractivity contribution in [1.29, 1.82) is 0 Å². The Hall–Kier alpha value is -1.71. The zero-order valence-corrected chi connectivity index (χ0v) is 13.4. The van der Waals surface area contributed by atoms with Crippen molar-refractivity contribution in [3.8, 4) is 0 Å². The van der Waals surface area contributed by atoms with Gasteiger partial charge in [0, 0.05) is 32.7 Å². The molecule has 2 aliphatic rings. The second-order valence-electron chi connectivity index (χ2n) is 5.94. The van der Waals surface area contributed by atoms with Crippen molar-refractivity contribution in [2.24, 2.45) is 0 Å². The first-order valence-electron chi connectivity index (χ1n) is 8.13. The molecule has 2 saturated heterocycles. The zero-order valence-electron chi connectivity index (χ0n) is 13.4. The molecule has 3 heterocycles. The third-order valence-corrected chi connectivity index (χ3v) is 4.41. The predicted molar refractivity (Wildman–Crippen MR) is 83.1 cm³/mol. The van der Waals surface area contributed by atoms with Crippen LogP contribution in [0.4, 0.5) is 10.6 Å². The van der Waals surface area contributed by atoms with Crippen LogP contribution in [0.3, 0.4) is 0 Å². The third kappa shape index (κ3) is 3.80. The van der Waals surface area contributed by atoms with Crippen molar-refractivity contribution in [2.45, 2.75) is 32.0 Å². The van der Waals surface area contributed by atoms with E-state index in [1.807, 2.05) is 6.92 Å². The molecule has 2 amide bonds. The molecule has 0 aromatic carbocycles. The number of urea groups is 1. The molecule has 2 N–H and O–H groups in total. The van der Waals surface area contributed by atoms with Crippen LogP contribution in [0.25, 0.3) is 0 Å². The van der Waals surface area contributed by atoms with E-state index in [0.29, 0.717) is 38.7 Å². The van der Waals surface area contributed by atoms with Gasteiger partial charge in [0.25, 0.3) is 0 Å². The number of amides is 2. The average Bonchev–Trinajstić information content (AvgIpc) is 3.10. The maximum atomic E-state index is 12.4. The van der Waals surface area contributed by atoms with Gasteiger partial charge in [-0.15, -0.1) is 5.10 Å². The first-order valence-corrected chi connectivity index (χ1v) is 8.13. The van der Waals surface area contributed by atoms with E-state index in [1.165, 1.54) is 0 Å². The number of carbonyl (C=O) groups is 1. The fourth-order valence-corrected chi connectivity index (χ4v) is 3.05. The number of rotatable bonds is 3. The summed E-state index contributed by atoms with van der Waals surface area (Å²) in [6, 6.07) is -0.110. The number of nitrogens with one attached hydrogen (secondary N) is 1. The minimum absolute atomic E-state index is 0.0439. The molecule has 0 saturated carbocycles. The summed E-state index contributed by atoms with van der Waals surface area (Å²) in [5, 5.41) is 20.6. The molecular weight excluding hydrogens is 300 g/mol. The Balaban J connectivity index is 1.53. The molecule has 9 nitrogen and oxygen atoms in total. The summed E-state index contributed by atoms with van der Waals surface area (Å²) in [4.78, 5) is 16.4. The van der Waals surface area contributed by atoms with E-state index in [4.69, 9.17) is 4.74 Å². The molecule has 0 unspecified atom stereocenters. The van der Waals surface area contributed by atoms with Crippen LogP contribution >= 0.6 is 0 Å². The zero-order chi connectivity index (χ0) is 16.2. The Morgan fingerprint density at radius 3 is 2.96 bits per heavy atom. The fourth-order valence-electron chi connectivity index (χ4n) is 3.05. The standard InChI is InChI=1S/C14H24N6O3/c1-2-20-8-13(16-17-20)15-14(22)19-5-3-4-18(6-7-19)11-9-23-10-12(11)21/h8,11-12,21H,2-7,9-10H2,1H3,(H,15,22)/t11-,12-/m1/s1. The molecule has 3 rings (SSSR count). The van der Waals surface area contributed by atoms with Crippen molar-refractivity contribution in [3.63, 3.8) is 0 Å². The van der Waals surface area contributed by atoms with Crippen molar-refractivity contribution in [1.82, 2.24) is 24.8 Å². The summed E-state index contributed by atoms with van der Waals surface area (Å²) >= 11 is 0. The van der Waals surface area contributed by atoms with Crippen molar-refractivity contribution >= 4 is 11.8 Å². The van der Waals surface area contributed by atoms with Gasteiger partial charge in [0.05, 0.1) is 31.6 Å². The van der Waals surface area contributed by atoms with Crippen LogP contribution in [0.5, 0.6) is 0 Å². The molecule has 23 heavy (non-hydrogen) atoms. The van der Waals surface area contributed by atoms with Crippen molar-refractivity contribution in [3.05, 3.63) is 6.20 Å². The minimum Gasteiger partial charge on any atom is -0.389 e. The number of aliphatic hydroxyl groups is 1. The van der Waals surface area contributed by atoms with Gasteiger partial charge >= 0.3 is 6.03 Å². The van der Waals surface area contributed by atoms with E-state index in [0.717, 1.165) is 19.5 Å². The number of aromatic nitrogens is 3. The Labute approximate surface area is 135 Å². The fraction of sp³-hybridized carbons (Fsp3) is 0.786. The molecule has 128 valence electrons. The lowest BCUT2D eigenvalue weighted by Gasteiger charge is -2.28. The van der Waals surface area contributed by atoms with Crippen LogP contribution in [-0.4, -0.2) is 87.5 Å². The highest BCUT2D eigenvalue weighted by Crippen LogP contribution is 2.16. The van der Waals surface area contributed by atoms with Crippen molar-refractivity contribution < 1.29 is 14.6 Å². The monoisotopic (exact) mass is 324 g/mol. The number of aliphatic hydroxyl groups excluding tert-OH is 1. The first kappa shape index (κ1) is 16.2. The number of hydrogen-bond acceptors (Lipinski definition) is 6. The van der Waals surface area contributed by atoms with Crippen LogP contribution < -0.4 is 5.32 Å². The van der Waals surface area contributed by atoms with E-state index in [2.05, 4.69) is 20.5 Å². The molecule has 0 spiro atoms. The number of nitrogens with zero attached hydrogens (tertiary/aromatic N) is 5. The normalized spacial score (nSPS) is 26.3. The summed E-state index contributed by atoms with van der Waals surface area (Å²) in [6.45, 7) is 6.55. The Kier molecular flexibility index (Phi) is 5.09. The highest BCUT2D eigenvalue weighted by atomic mass is 16.5. The second kappa shape index (κ2) is 7.24. The van der Waals surface area contributed by atoms with Gasteiger partial charge in [0.1, 0.15) is 0 Å². The summed E-state index contributed by atoms with van der Waals surface area (Å²) in [5.41, 5.74) is 0. The first-order chi connectivity index (χ1) is 11.2. The molecule has 2 atom stereocenters. The van der Waals surface area contributed by atoms with Crippen molar-refractivity contribution in [2.75, 3.05) is 44.7 Å². The minimum atomic E-state index is -0.431. The highest BCUT2D eigenvalue weighted by Gasteiger charge is 2.33. The maximum absolute atomic E-state index is 12.4. The molecule has 2 fully saturated rings. The Morgan fingerprint density at radius 1 is 1.39 bits per heavy atom. The lowest BCUT2D eigenvalue weighted by atomic mass is 10.2. The summed E-state index contributed by atoms with van der Waals surface area (Å²) in [5.74, 6) is 0.470. The predicted octanol–water partition coefficient (Wildman–Crippen LogP) is -0.403. The van der Waals surface area contributed by atoms with Crippen LogP contribution in [0.1, 0.15) is 13.3 Å². The average molecular weight is 324 g/mol. The third-order valence-electron chi connectivity index (χ3n) is 4.41. The van der Waals surface area contributed by atoms with E-state index in [-0.39, 0.29) is 12.1 Å². The summed E-state index contributed by atoms with van der Waals surface area (Å²) in [6.07, 6.45) is 2.16.